The van der Waals surface area contributed by atoms with Crippen LogP contribution in [0.1, 0.15) is 26.7 Å². The standard InChI is InChI=1S/C6H15O3P/c1-3-4-5-8-6(2)9-10-7/h6H,3-5,10H2,1-2H3. The third-order valence-corrected chi connectivity index (χ3v) is 1.59. The van der Waals surface area contributed by atoms with Gasteiger partial charge in [0.15, 0.2) is 15.0 Å². The number of hydrogen-bond acceptors (Lipinski definition) is 3. The fourth-order valence-electron chi connectivity index (χ4n) is 0.511. The Kier molecular flexibility index (Phi) is 7.37. The zero-order chi connectivity index (χ0) is 7.82. The first-order valence-electron chi connectivity index (χ1n) is 3.52. The SMILES string of the molecule is CCCCOC(C)O[PH2]=O. The summed E-state index contributed by atoms with van der Waals surface area (Å²) in [6.07, 6.45) is 1.83. The molecule has 0 rings (SSSR count). The number of hydrogen-bond donors (Lipinski definition) is 0. The van der Waals surface area contributed by atoms with E-state index >= 15 is 0 Å². The second-order valence-corrected chi connectivity index (χ2v) is 2.49. The van der Waals surface area contributed by atoms with Gasteiger partial charge in [0.1, 0.15) is 0 Å². The molecule has 0 aliphatic carbocycles. The van der Waals surface area contributed by atoms with Gasteiger partial charge in [0.05, 0.1) is 0 Å². The molecule has 0 radical (unpaired) electrons. The van der Waals surface area contributed by atoms with Crippen molar-refractivity contribution in [1.82, 2.24) is 0 Å². The quantitative estimate of drug-likeness (QED) is 0.343. The summed E-state index contributed by atoms with van der Waals surface area (Å²) < 4.78 is 19.8. The third kappa shape index (κ3) is 6.27. The van der Waals surface area contributed by atoms with Gasteiger partial charge in [-0.2, -0.15) is 0 Å². The van der Waals surface area contributed by atoms with Crippen LogP contribution in [0.5, 0.6) is 0 Å². The van der Waals surface area contributed by atoms with E-state index in [-0.39, 0.29) is 6.29 Å². The smallest absolute Gasteiger partial charge is 0.182 e. The second kappa shape index (κ2) is 7.26. The molecule has 10 heavy (non-hydrogen) atoms. The summed E-state index contributed by atoms with van der Waals surface area (Å²) in [6, 6.07) is 0. The molecule has 0 saturated heterocycles. The highest BCUT2D eigenvalue weighted by atomic mass is 31.1. The van der Waals surface area contributed by atoms with Crippen LogP contribution < -0.4 is 0 Å². The minimum atomic E-state index is -1.13. The van der Waals surface area contributed by atoms with Crippen LogP contribution in [0.3, 0.4) is 0 Å². The molecular weight excluding hydrogens is 151 g/mol. The fourth-order valence-corrected chi connectivity index (χ4v) is 0.746. The maximum absolute atomic E-state index is 9.95. The van der Waals surface area contributed by atoms with Crippen molar-refractivity contribution in [2.75, 3.05) is 6.61 Å². The van der Waals surface area contributed by atoms with Gasteiger partial charge in [-0.25, -0.2) is 0 Å². The van der Waals surface area contributed by atoms with E-state index in [2.05, 4.69) is 6.92 Å². The summed E-state index contributed by atoms with van der Waals surface area (Å²) in [5, 5.41) is 0. The molecule has 0 amide bonds. The lowest BCUT2D eigenvalue weighted by Crippen LogP contribution is -2.08. The number of ether oxygens (including phenoxy) is 1. The third-order valence-electron chi connectivity index (χ3n) is 1.10. The summed E-state index contributed by atoms with van der Waals surface area (Å²) >= 11 is 0. The molecule has 3 nitrogen and oxygen atoms in total. The van der Waals surface area contributed by atoms with E-state index in [9.17, 15) is 4.57 Å². The summed E-state index contributed by atoms with van der Waals surface area (Å²) in [6.45, 7) is 4.53. The van der Waals surface area contributed by atoms with E-state index in [1.54, 1.807) is 6.92 Å². The molecule has 2 unspecified atom stereocenters. The van der Waals surface area contributed by atoms with Crippen molar-refractivity contribution in [2.24, 2.45) is 0 Å². The van der Waals surface area contributed by atoms with Crippen molar-refractivity contribution in [3.8, 4) is 0 Å². The molecule has 0 aromatic rings. The Morgan fingerprint density at radius 3 is 2.80 bits per heavy atom. The molecule has 4 heteroatoms. The predicted molar refractivity (Wildman–Crippen MR) is 41.8 cm³/mol. The van der Waals surface area contributed by atoms with Gasteiger partial charge in [0, 0.05) is 6.61 Å². The summed E-state index contributed by atoms with van der Waals surface area (Å²) in [7, 11) is -1.13. The van der Waals surface area contributed by atoms with Gasteiger partial charge in [0.2, 0.25) is 0 Å². The highest BCUT2D eigenvalue weighted by molar-refractivity contribution is 7.17. The lowest BCUT2D eigenvalue weighted by atomic mass is 10.4. The van der Waals surface area contributed by atoms with Crippen molar-refractivity contribution in [3.63, 3.8) is 0 Å². The fraction of sp³-hybridized carbons (Fsp3) is 1.00. The van der Waals surface area contributed by atoms with Gasteiger partial charge < -0.3 is 9.26 Å². The van der Waals surface area contributed by atoms with Crippen LogP contribution in [0, 0.1) is 0 Å². The van der Waals surface area contributed by atoms with Crippen LogP contribution in [-0.2, 0) is 13.8 Å². The Morgan fingerprint density at radius 2 is 2.30 bits per heavy atom. The normalized spacial score (nSPS) is 14.6. The zero-order valence-corrected chi connectivity index (χ0v) is 7.66. The number of rotatable bonds is 6. The second-order valence-electron chi connectivity index (χ2n) is 2.02. The molecule has 0 aromatic carbocycles. The van der Waals surface area contributed by atoms with Crippen molar-refractivity contribution in [1.29, 1.82) is 0 Å². The molecule has 0 bridgehead atoms. The Bertz CT molecular complexity index is 87.1. The summed E-state index contributed by atoms with van der Waals surface area (Å²) in [5.41, 5.74) is 0. The van der Waals surface area contributed by atoms with Gasteiger partial charge in [-0.05, 0) is 13.3 Å². The lowest BCUT2D eigenvalue weighted by molar-refractivity contribution is -0.0604. The van der Waals surface area contributed by atoms with Gasteiger partial charge in [-0.1, -0.05) is 13.3 Å². The van der Waals surface area contributed by atoms with E-state index in [0.29, 0.717) is 6.61 Å². The Labute approximate surface area is 63.0 Å². The monoisotopic (exact) mass is 166 g/mol. The highest BCUT2D eigenvalue weighted by Gasteiger charge is 1.97. The molecule has 62 valence electrons. The largest absolute Gasteiger partial charge is 0.353 e. The van der Waals surface area contributed by atoms with E-state index in [1.165, 1.54) is 0 Å². The number of unbranched alkanes of at least 4 members (excludes halogenated alkanes) is 1. The van der Waals surface area contributed by atoms with Gasteiger partial charge >= 0.3 is 0 Å². The molecule has 0 aliphatic rings. The predicted octanol–water partition coefficient (Wildman–Crippen LogP) is 1.84. The molecule has 0 N–H and O–H groups in total. The van der Waals surface area contributed by atoms with Gasteiger partial charge in [-0.15, -0.1) is 0 Å². The van der Waals surface area contributed by atoms with Crippen LogP contribution in [0.2, 0.25) is 0 Å². The lowest BCUT2D eigenvalue weighted by Gasteiger charge is -2.08. The van der Waals surface area contributed by atoms with Crippen molar-refractivity contribution < 1.29 is 13.8 Å². The summed E-state index contributed by atoms with van der Waals surface area (Å²) in [5.74, 6) is 0. The first-order chi connectivity index (χ1) is 4.81. The van der Waals surface area contributed by atoms with E-state index in [0.717, 1.165) is 12.8 Å². The van der Waals surface area contributed by atoms with E-state index < -0.39 is 8.69 Å². The highest BCUT2D eigenvalue weighted by Crippen LogP contribution is 2.04. The van der Waals surface area contributed by atoms with Crippen LogP contribution >= 0.6 is 8.69 Å². The molecule has 0 aromatic heterocycles. The molecule has 0 saturated carbocycles. The Hall–Kier alpha value is 0.150. The van der Waals surface area contributed by atoms with Crippen LogP contribution in [0.25, 0.3) is 0 Å². The van der Waals surface area contributed by atoms with Crippen LogP contribution in [0.4, 0.5) is 0 Å². The molecule has 2 atom stereocenters. The van der Waals surface area contributed by atoms with Crippen molar-refractivity contribution in [2.45, 2.75) is 33.0 Å². The molecule has 0 heterocycles. The zero-order valence-electron chi connectivity index (χ0n) is 6.50. The van der Waals surface area contributed by atoms with Crippen molar-refractivity contribution >= 4 is 8.69 Å². The average molecular weight is 166 g/mol. The van der Waals surface area contributed by atoms with E-state index in [4.69, 9.17) is 9.26 Å². The maximum atomic E-state index is 9.95. The summed E-state index contributed by atoms with van der Waals surface area (Å²) in [4.78, 5) is 0. The average Bonchev–Trinajstić information content (AvgIpc) is 1.89. The van der Waals surface area contributed by atoms with E-state index in [1.807, 2.05) is 0 Å². The van der Waals surface area contributed by atoms with Gasteiger partial charge in [-0.3, -0.25) is 4.57 Å². The minimum absolute atomic E-state index is 0.306. The maximum Gasteiger partial charge on any atom is 0.182 e. The molecular formula is C6H15O3P. The first-order valence-corrected chi connectivity index (χ1v) is 4.46. The Morgan fingerprint density at radius 1 is 1.60 bits per heavy atom. The Balaban J connectivity index is 3.04. The molecule has 0 spiro atoms. The topological polar surface area (TPSA) is 35.5 Å². The van der Waals surface area contributed by atoms with Gasteiger partial charge in [0.25, 0.3) is 0 Å². The molecule has 0 fully saturated rings. The molecule has 0 aliphatic heterocycles. The van der Waals surface area contributed by atoms with Crippen LogP contribution in [-0.4, -0.2) is 12.9 Å². The minimum Gasteiger partial charge on any atom is -0.353 e. The van der Waals surface area contributed by atoms with Crippen molar-refractivity contribution in [3.05, 3.63) is 0 Å². The van der Waals surface area contributed by atoms with Crippen LogP contribution in [0.15, 0.2) is 0 Å². The first kappa shape index (κ1) is 10.2.